The molecule has 1 amide bonds. The lowest BCUT2D eigenvalue weighted by atomic mass is 10.1. The highest BCUT2D eigenvalue weighted by atomic mass is 16.5. The highest BCUT2D eigenvalue weighted by molar-refractivity contribution is 6.04. The van der Waals surface area contributed by atoms with Gasteiger partial charge in [0.15, 0.2) is 5.69 Å². The number of benzene rings is 1. The van der Waals surface area contributed by atoms with Crippen molar-refractivity contribution in [2.24, 2.45) is 7.05 Å². The van der Waals surface area contributed by atoms with E-state index in [4.69, 9.17) is 4.74 Å². The fourth-order valence-corrected chi connectivity index (χ4v) is 2.68. The lowest BCUT2D eigenvalue weighted by Crippen LogP contribution is -2.12. The number of anilines is 1. The predicted octanol–water partition coefficient (Wildman–Crippen LogP) is 2.40. The van der Waals surface area contributed by atoms with Crippen LogP contribution in [0, 0.1) is 6.92 Å². The number of amides is 1. The third-order valence-corrected chi connectivity index (χ3v) is 3.92. The van der Waals surface area contributed by atoms with Crippen molar-refractivity contribution in [3.8, 4) is 0 Å². The van der Waals surface area contributed by atoms with Gasteiger partial charge in [0.1, 0.15) is 5.69 Å². The van der Waals surface area contributed by atoms with Gasteiger partial charge in [0.05, 0.1) is 25.0 Å². The summed E-state index contributed by atoms with van der Waals surface area (Å²) in [5, 5.41) is 11.1. The first-order valence-corrected chi connectivity index (χ1v) is 8.56. The van der Waals surface area contributed by atoms with Gasteiger partial charge < -0.3 is 10.1 Å². The van der Waals surface area contributed by atoms with E-state index in [1.165, 1.54) is 16.3 Å². The molecule has 0 fully saturated rings. The van der Waals surface area contributed by atoms with Gasteiger partial charge in [-0.15, -0.1) is 0 Å². The average Bonchev–Trinajstić information content (AvgIpc) is 3.21. The SMILES string of the molecule is CCOC(=O)c1cc(C(=O)Nc2cnn(Cc3cccc(C)c3)c2)nn1C. The number of carbonyl (C=O) groups is 2. The molecular weight excluding hydrogens is 346 g/mol. The molecule has 2 heterocycles. The van der Waals surface area contributed by atoms with Gasteiger partial charge in [0.2, 0.25) is 0 Å². The zero-order valence-corrected chi connectivity index (χ0v) is 15.5. The van der Waals surface area contributed by atoms with Gasteiger partial charge in [-0.25, -0.2) is 4.79 Å². The molecule has 0 saturated carbocycles. The molecule has 0 aliphatic carbocycles. The van der Waals surface area contributed by atoms with Gasteiger partial charge in [-0.3, -0.25) is 14.2 Å². The summed E-state index contributed by atoms with van der Waals surface area (Å²) in [5.41, 5.74) is 3.21. The lowest BCUT2D eigenvalue weighted by Gasteiger charge is -2.03. The van der Waals surface area contributed by atoms with Crippen molar-refractivity contribution in [2.75, 3.05) is 11.9 Å². The van der Waals surface area contributed by atoms with Crippen LogP contribution in [0.1, 0.15) is 39.0 Å². The van der Waals surface area contributed by atoms with Crippen molar-refractivity contribution in [3.63, 3.8) is 0 Å². The minimum absolute atomic E-state index is 0.131. The first-order valence-electron chi connectivity index (χ1n) is 8.56. The number of aryl methyl sites for hydroxylation is 2. The molecule has 0 aliphatic rings. The Bertz CT molecular complexity index is 973. The van der Waals surface area contributed by atoms with Gasteiger partial charge in [-0.1, -0.05) is 29.8 Å². The molecule has 0 aliphatic heterocycles. The summed E-state index contributed by atoms with van der Waals surface area (Å²) in [6.07, 6.45) is 3.32. The van der Waals surface area contributed by atoms with E-state index in [0.29, 0.717) is 12.2 Å². The average molecular weight is 367 g/mol. The second-order valence-electron chi connectivity index (χ2n) is 6.13. The number of rotatable bonds is 6. The smallest absolute Gasteiger partial charge is 0.356 e. The zero-order valence-electron chi connectivity index (χ0n) is 15.5. The molecule has 0 unspecified atom stereocenters. The van der Waals surface area contributed by atoms with Gasteiger partial charge in [0, 0.05) is 19.3 Å². The molecule has 27 heavy (non-hydrogen) atoms. The molecule has 3 aromatic rings. The molecule has 8 nitrogen and oxygen atoms in total. The Morgan fingerprint density at radius 2 is 2.07 bits per heavy atom. The van der Waals surface area contributed by atoms with Crippen molar-refractivity contribution >= 4 is 17.6 Å². The molecule has 8 heteroatoms. The van der Waals surface area contributed by atoms with Crippen molar-refractivity contribution < 1.29 is 14.3 Å². The molecule has 0 saturated heterocycles. The molecular formula is C19H21N5O3. The first-order chi connectivity index (χ1) is 13.0. The molecule has 0 spiro atoms. The summed E-state index contributed by atoms with van der Waals surface area (Å²) in [4.78, 5) is 24.2. The van der Waals surface area contributed by atoms with Crippen molar-refractivity contribution in [2.45, 2.75) is 20.4 Å². The molecule has 3 rings (SSSR count). The second kappa shape index (κ2) is 7.86. The molecule has 0 radical (unpaired) electrons. The van der Waals surface area contributed by atoms with Crippen LogP contribution in [0.25, 0.3) is 0 Å². The standard InChI is InChI=1S/C19H21N5O3/c1-4-27-19(26)17-9-16(22-23(17)3)18(25)21-15-10-20-24(12-15)11-14-7-5-6-13(2)8-14/h5-10,12H,4,11H2,1-3H3,(H,21,25). The minimum atomic E-state index is -0.516. The lowest BCUT2D eigenvalue weighted by molar-refractivity contribution is 0.0513. The summed E-state index contributed by atoms with van der Waals surface area (Å²) < 4.78 is 8.01. The second-order valence-corrected chi connectivity index (χ2v) is 6.13. The maximum Gasteiger partial charge on any atom is 0.356 e. The van der Waals surface area contributed by atoms with E-state index in [2.05, 4.69) is 21.6 Å². The van der Waals surface area contributed by atoms with E-state index in [0.717, 1.165) is 5.56 Å². The van der Waals surface area contributed by atoms with E-state index in [-0.39, 0.29) is 18.0 Å². The Balaban J connectivity index is 1.67. The summed E-state index contributed by atoms with van der Waals surface area (Å²) in [6.45, 7) is 4.62. The van der Waals surface area contributed by atoms with Crippen LogP contribution in [0.2, 0.25) is 0 Å². The van der Waals surface area contributed by atoms with Crippen LogP contribution in [-0.4, -0.2) is 38.0 Å². The molecule has 0 bridgehead atoms. The van der Waals surface area contributed by atoms with E-state index >= 15 is 0 Å². The number of carbonyl (C=O) groups excluding carboxylic acids is 2. The Morgan fingerprint density at radius 1 is 1.26 bits per heavy atom. The molecule has 140 valence electrons. The highest BCUT2D eigenvalue weighted by Crippen LogP contribution is 2.12. The van der Waals surface area contributed by atoms with Crippen molar-refractivity contribution in [1.82, 2.24) is 19.6 Å². The monoisotopic (exact) mass is 367 g/mol. The maximum absolute atomic E-state index is 12.4. The third kappa shape index (κ3) is 4.41. The van der Waals surface area contributed by atoms with E-state index in [9.17, 15) is 9.59 Å². The van der Waals surface area contributed by atoms with E-state index < -0.39 is 11.9 Å². The quantitative estimate of drug-likeness (QED) is 0.676. The molecule has 0 atom stereocenters. The Morgan fingerprint density at radius 3 is 2.81 bits per heavy atom. The first kappa shape index (κ1) is 18.4. The van der Waals surface area contributed by atoms with Crippen molar-refractivity contribution in [3.05, 3.63) is 65.2 Å². The Hall–Kier alpha value is -3.42. The predicted molar refractivity (Wildman–Crippen MR) is 99.6 cm³/mol. The summed E-state index contributed by atoms with van der Waals surface area (Å²) in [7, 11) is 1.59. The minimum Gasteiger partial charge on any atom is -0.461 e. The normalized spacial score (nSPS) is 10.6. The fourth-order valence-electron chi connectivity index (χ4n) is 2.68. The van der Waals surface area contributed by atoms with Crippen LogP contribution in [-0.2, 0) is 18.3 Å². The molecule has 1 N–H and O–H groups in total. The number of hydrogen-bond acceptors (Lipinski definition) is 5. The number of aromatic nitrogens is 4. The number of hydrogen-bond donors (Lipinski definition) is 1. The molecule has 2 aromatic heterocycles. The summed E-state index contributed by atoms with van der Waals surface area (Å²) in [5.74, 6) is -0.936. The van der Waals surface area contributed by atoms with Crippen LogP contribution < -0.4 is 5.32 Å². The van der Waals surface area contributed by atoms with Gasteiger partial charge in [-0.05, 0) is 19.4 Å². The molecule has 1 aromatic carbocycles. The largest absolute Gasteiger partial charge is 0.461 e. The Kier molecular flexibility index (Phi) is 5.35. The summed E-state index contributed by atoms with van der Waals surface area (Å²) >= 11 is 0. The number of esters is 1. The Labute approximate surface area is 156 Å². The van der Waals surface area contributed by atoms with Crippen LogP contribution in [0.3, 0.4) is 0 Å². The van der Waals surface area contributed by atoms with Crippen LogP contribution >= 0.6 is 0 Å². The van der Waals surface area contributed by atoms with E-state index in [1.807, 2.05) is 25.1 Å². The number of nitrogens with one attached hydrogen (secondary N) is 1. The zero-order chi connectivity index (χ0) is 19.4. The summed E-state index contributed by atoms with van der Waals surface area (Å²) in [6, 6.07) is 9.56. The van der Waals surface area contributed by atoms with E-state index in [1.54, 1.807) is 31.0 Å². The van der Waals surface area contributed by atoms with Gasteiger partial charge >= 0.3 is 5.97 Å². The topological polar surface area (TPSA) is 91.0 Å². The maximum atomic E-state index is 12.4. The van der Waals surface area contributed by atoms with Crippen LogP contribution in [0.4, 0.5) is 5.69 Å². The number of ether oxygens (including phenoxy) is 1. The fraction of sp³-hybridized carbons (Fsp3) is 0.263. The third-order valence-electron chi connectivity index (χ3n) is 3.92. The highest BCUT2D eigenvalue weighted by Gasteiger charge is 2.18. The van der Waals surface area contributed by atoms with Gasteiger partial charge in [0.25, 0.3) is 5.91 Å². The van der Waals surface area contributed by atoms with Crippen LogP contribution in [0.5, 0.6) is 0 Å². The van der Waals surface area contributed by atoms with Crippen LogP contribution in [0.15, 0.2) is 42.7 Å². The van der Waals surface area contributed by atoms with Gasteiger partial charge in [-0.2, -0.15) is 10.2 Å². The number of nitrogens with zero attached hydrogens (tertiary/aromatic N) is 4. The van der Waals surface area contributed by atoms with Crippen molar-refractivity contribution in [1.29, 1.82) is 0 Å².